The van der Waals surface area contributed by atoms with Gasteiger partial charge in [0.1, 0.15) is 18.1 Å². The summed E-state index contributed by atoms with van der Waals surface area (Å²) in [5.41, 5.74) is 6.74. The van der Waals surface area contributed by atoms with Gasteiger partial charge in [-0.2, -0.15) is 0 Å². The Morgan fingerprint density at radius 1 is 1.25 bits per heavy atom. The van der Waals surface area contributed by atoms with Gasteiger partial charge in [0.05, 0.1) is 11.5 Å². The first kappa shape index (κ1) is 15.4. The Hall–Kier alpha value is -1.04. The lowest BCUT2D eigenvalue weighted by atomic mass is 10.2. The fraction of sp³-hybridized carbons (Fsp3) is 0.333. The molecule has 0 saturated carbocycles. The van der Waals surface area contributed by atoms with Crippen molar-refractivity contribution in [3.8, 4) is 11.5 Å². The predicted octanol–water partition coefficient (Wildman–Crippen LogP) is 4.34. The van der Waals surface area contributed by atoms with E-state index in [1.807, 2.05) is 29.6 Å². The Morgan fingerprint density at radius 3 is 2.75 bits per heavy atom. The van der Waals surface area contributed by atoms with Crippen LogP contribution in [0.5, 0.6) is 11.5 Å². The van der Waals surface area contributed by atoms with Gasteiger partial charge in [-0.05, 0) is 39.9 Å². The van der Waals surface area contributed by atoms with E-state index >= 15 is 0 Å². The summed E-state index contributed by atoms with van der Waals surface area (Å²) in [7, 11) is 0. The third kappa shape index (κ3) is 3.98. The average Bonchev–Trinajstić information content (AvgIpc) is 2.88. The minimum atomic E-state index is 0.453. The molecule has 0 bridgehead atoms. The van der Waals surface area contributed by atoms with Gasteiger partial charge in [0.15, 0.2) is 0 Å². The van der Waals surface area contributed by atoms with Crippen molar-refractivity contribution in [3.63, 3.8) is 0 Å². The molecule has 2 rings (SSSR count). The number of halogens is 1. The van der Waals surface area contributed by atoms with E-state index in [-0.39, 0.29) is 0 Å². The van der Waals surface area contributed by atoms with Gasteiger partial charge in [0.2, 0.25) is 0 Å². The van der Waals surface area contributed by atoms with E-state index in [9.17, 15) is 0 Å². The SMILES string of the molecule is CCCOc1ccc(CN)c(OCc2sccc2Br)c1. The zero-order valence-corrected chi connectivity index (χ0v) is 13.8. The third-order valence-corrected chi connectivity index (χ3v) is 4.68. The monoisotopic (exact) mass is 355 g/mol. The van der Waals surface area contributed by atoms with Gasteiger partial charge in [0, 0.05) is 22.6 Å². The largest absolute Gasteiger partial charge is 0.493 e. The number of hydrogen-bond acceptors (Lipinski definition) is 4. The Morgan fingerprint density at radius 2 is 2.10 bits per heavy atom. The van der Waals surface area contributed by atoms with Crippen LogP contribution >= 0.6 is 27.3 Å². The number of hydrogen-bond donors (Lipinski definition) is 1. The lowest BCUT2D eigenvalue weighted by Gasteiger charge is -2.12. The summed E-state index contributed by atoms with van der Waals surface area (Å²) in [6.07, 6.45) is 0.983. The van der Waals surface area contributed by atoms with Gasteiger partial charge in [-0.1, -0.05) is 13.0 Å². The zero-order chi connectivity index (χ0) is 14.4. The highest BCUT2D eigenvalue weighted by Gasteiger charge is 2.07. The van der Waals surface area contributed by atoms with E-state index in [1.165, 1.54) is 0 Å². The van der Waals surface area contributed by atoms with Crippen molar-refractivity contribution in [3.05, 3.63) is 44.6 Å². The van der Waals surface area contributed by atoms with Crippen molar-refractivity contribution in [2.45, 2.75) is 26.5 Å². The molecular weight excluding hydrogens is 338 g/mol. The molecule has 1 heterocycles. The molecule has 3 nitrogen and oxygen atoms in total. The Kier molecular flexibility index (Phi) is 5.88. The van der Waals surface area contributed by atoms with Crippen LogP contribution in [0, 0.1) is 0 Å². The third-order valence-electron chi connectivity index (χ3n) is 2.78. The summed E-state index contributed by atoms with van der Waals surface area (Å²) in [6, 6.07) is 7.84. The zero-order valence-electron chi connectivity index (χ0n) is 11.4. The summed E-state index contributed by atoms with van der Waals surface area (Å²) < 4.78 is 12.6. The van der Waals surface area contributed by atoms with E-state index in [0.29, 0.717) is 19.8 Å². The van der Waals surface area contributed by atoms with Crippen LogP contribution in [0.15, 0.2) is 34.1 Å². The van der Waals surface area contributed by atoms with E-state index in [4.69, 9.17) is 15.2 Å². The molecule has 0 fully saturated rings. The molecule has 0 radical (unpaired) electrons. The number of benzene rings is 1. The summed E-state index contributed by atoms with van der Waals surface area (Å²) in [4.78, 5) is 1.16. The Bertz CT molecular complexity index is 557. The molecular formula is C15H18BrNO2S. The summed E-state index contributed by atoms with van der Waals surface area (Å²) in [5.74, 6) is 1.62. The van der Waals surface area contributed by atoms with Crippen LogP contribution in [0.2, 0.25) is 0 Å². The molecule has 0 aliphatic heterocycles. The molecule has 0 atom stereocenters. The fourth-order valence-corrected chi connectivity index (χ4v) is 3.10. The second kappa shape index (κ2) is 7.67. The number of thiophene rings is 1. The summed E-state index contributed by atoms with van der Waals surface area (Å²) in [5, 5.41) is 2.04. The maximum absolute atomic E-state index is 5.89. The van der Waals surface area contributed by atoms with Crippen molar-refractivity contribution in [2.75, 3.05) is 6.61 Å². The van der Waals surface area contributed by atoms with Crippen LogP contribution in [-0.2, 0) is 13.2 Å². The molecule has 1 aromatic heterocycles. The maximum atomic E-state index is 5.89. The molecule has 20 heavy (non-hydrogen) atoms. The Labute approximate surface area is 131 Å². The molecule has 0 amide bonds. The standard InChI is InChI=1S/C15H18BrNO2S/c1-2-6-18-12-4-3-11(9-17)14(8-12)19-10-15-13(16)5-7-20-15/h3-5,7-8H,2,6,9-10,17H2,1H3. The number of nitrogens with two attached hydrogens (primary N) is 1. The Balaban J connectivity index is 2.09. The molecule has 0 aliphatic carbocycles. The molecule has 5 heteroatoms. The van der Waals surface area contributed by atoms with Gasteiger partial charge in [-0.3, -0.25) is 0 Å². The molecule has 108 valence electrons. The van der Waals surface area contributed by atoms with Gasteiger partial charge >= 0.3 is 0 Å². The number of rotatable bonds is 7. The van der Waals surface area contributed by atoms with Crippen LogP contribution in [0.4, 0.5) is 0 Å². The van der Waals surface area contributed by atoms with Crippen molar-refractivity contribution >= 4 is 27.3 Å². The molecule has 2 aromatic rings. The first-order valence-corrected chi connectivity index (χ1v) is 8.22. The van der Waals surface area contributed by atoms with Crippen LogP contribution in [0.3, 0.4) is 0 Å². The van der Waals surface area contributed by atoms with E-state index < -0.39 is 0 Å². The normalized spacial score (nSPS) is 10.6. The topological polar surface area (TPSA) is 44.5 Å². The average molecular weight is 356 g/mol. The lowest BCUT2D eigenvalue weighted by Crippen LogP contribution is -2.03. The van der Waals surface area contributed by atoms with Crippen LogP contribution < -0.4 is 15.2 Å². The first-order valence-electron chi connectivity index (χ1n) is 6.55. The van der Waals surface area contributed by atoms with Crippen molar-refractivity contribution < 1.29 is 9.47 Å². The summed E-state index contributed by atoms with van der Waals surface area (Å²) in [6.45, 7) is 3.77. The van der Waals surface area contributed by atoms with Crippen LogP contribution in [0.1, 0.15) is 23.8 Å². The molecule has 0 saturated heterocycles. The van der Waals surface area contributed by atoms with Gasteiger partial charge < -0.3 is 15.2 Å². The van der Waals surface area contributed by atoms with E-state index in [0.717, 1.165) is 32.8 Å². The first-order chi connectivity index (χ1) is 9.74. The molecule has 0 spiro atoms. The highest BCUT2D eigenvalue weighted by molar-refractivity contribution is 9.10. The quantitative estimate of drug-likeness (QED) is 0.803. The minimum absolute atomic E-state index is 0.453. The molecule has 1 aromatic carbocycles. The van der Waals surface area contributed by atoms with Crippen molar-refractivity contribution in [1.82, 2.24) is 0 Å². The predicted molar refractivity (Wildman–Crippen MR) is 86.5 cm³/mol. The number of ether oxygens (including phenoxy) is 2. The lowest BCUT2D eigenvalue weighted by molar-refractivity contribution is 0.294. The maximum Gasteiger partial charge on any atom is 0.128 e. The smallest absolute Gasteiger partial charge is 0.128 e. The van der Waals surface area contributed by atoms with E-state index in [2.05, 4.69) is 22.9 Å². The van der Waals surface area contributed by atoms with Crippen molar-refractivity contribution in [1.29, 1.82) is 0 Å². The highest BCUT2D eigenvalue weighted by atomic mass is 79.9. The van der Waals surface area contributed by atoms with Crippen LogP contribution in [0.25, 0.3) is 0 Å². The fourth-order valence-electron chi connectivity index (χ4n) is 1.72. The molecule has 0 unspecified atom stereocenters. The van der Waals surface area contributed by atoms with Gasteiger partial charge in [0.25, 0.3) is 0 Å². The second-order valence-electron chi connectivity index (χ2n) is 4.30. The van der Waals surface area contributed by atoms with Gasteiger partial charge in [-0.15, -0.1) is 11.3 Å². The minimum Gasteiger partial charge on any atom is -0.493 e. The van der Waals surface area contributed by atoms with Crippen LogP contribution in [-0.4, -0.2) is 6.61 Å². The highest BCUT2D eigenvalue weighted by Crippen LogP contribution is 2.28. The molecule has 0 aliphatic rings. The van der Waals surface area contributed by atoms with Gasteiger partial charge in [-0.25, -0.2) is 0 Å². The molecule has 2 N–H and O–H groups in total. The summed E-state index contributed by atoms with van der Waals surface area (Å²) >= 11 is 5.17. The second-order valence-corrected chi connectivity index (χ2v) is 6.16. The van der Waals surface area contributed by atoms with Crippen molar-refractivity contribution in [2.24, 2.45) is 5.73 Å². The van der Waals surface area contributed by atoms with E-state index in [1.54, 1.807) is 11.3 Å².